The average Bonchev–Trinajstić information content (AvgIpc) is 3.75. The molecule has 12 nitrogen and oxygen atoms in total. The van der Waals surface area contributed by atoms with Crippen molar-refractivity contribution in [2.45, 2.75) is 148 Å². The van der Waals surface area contributed by atoms with Gasteiger partial charge in [0.2, 0.25) is 0 Å². The number of nitrogens with zero attached hydrogens (tertiary/aromatic N) is 10. The maximum atomic E-state index is 4.71. The van der Waals surface area contributed by atoms with E-state index in [1.54, 1.807) is 43.4 Å². The van der Waals surface area contributed by atoms with Gasteiger partial charge in [-0.1, -0.05) is 113 Å². The highest BCUT2D eigenvalue weighted by Crippen LogP contribution is 2.10. The van der Waals surface area contributed by atoms with Crippen LogP contribution in [0.2, 0.25) is 0 Å². The first-order valence-electron chi connectivity index (χ1n) is 22.1. The number of oxime groups is 2. The van der Waals surface area contributed by atoms with Gasteiger partial charge in [0.05, 0.1) is 22.6 Å². The minimum Gasteiger partial charge on any atom is -0.399 e. The fraction of sp³-hybridized carbons (Fsp3) is 0.560. The molecule has 0 radical (unpaired) electrons. The molecule has 0 N–H and O–H groups in total. The summed E-state index contributed by atoms with van der Waals surface area (Å²) in [6.45, 7) is 36.2. The second-order valence-corrected chi connectivity index (χ2v) is 17.6. The van der Waals surface area contributed by atoms with Crippen molar-refractivity contribution in [3.05, 3.63) is 119 Å². The van der Waals surface area contributed by atoms with E-state index in [0.717, 1.165) is 41.5 Å². The van der Waals surface area contributed by atoms with Gasteiger partial charge in [0.25, 0.3) is 0 Å². The largest absolute Gasteiger partial charge is 0.399 e. The highest BCUT2D eigenvalue weighted by atomic mass is 32.1. The van der Waals surface area contributed by atoms with Crippen molar-refractivity contribution < 1.29 is 9.68 Å². The van der Waals surface area contributed by atoms with Crippen molar-refractivity contribution in [1.29, 1.82) is 0 Å². The van der Waals surface area contributed by atoms with Crippen LogP contribution in [-0.4, -0.2) is 66.0 Å². The van der Waals surface area contributed by atoms with E-state index in [1.807, 2.05) is 89.4 Å². The van der Waals surface area contributed by atoms with E-state index in [-0.39, 0.29) is 0 Å². The van der Waals surface area contributed by atoms with E-state index in [4.69, 9.17) is 4.84 Å². The van der Waals surface area contributed by atoms with Crippen LogP contribution in [0.15, 0.2) is 89.1 Å². The number of hydrogen-bond donors (Lipinski definition) is 0. The van der Waals surface area contributed by atoms with Crippen molar-refractivity contribution in [1.82, 2.24) is 39.9 Å². The third kappa shape index (κ3) is 38.4. The average molecular weight is 887 g/mol. The number of hydrogen-bond acceptors (Lipinski definition) is 13. The zero-order valence-electron chi connectivity index (χ0n) is 42.0. The van der Waals surface area contributed by atoms with Gasteiger partial charge < -0.3 is 9.68 Å². The molecule has 0 aliphatic carbocycles. The minimum atomic E-state index is 0.431. The molecule has 5 heterocycles. The molecule has 0 aromatic carbocycles. The molecular formula is C50H82N10O2S. The molecule has 0 atom stereocenters. The van der Waals surface area contributed by atoms with Crippen molar-refractivity contribution in [3.8, 4) is 0 Å². The predicted octanol–water partition coefficient (Wildman–Crippen LogP) is 13.0. The van der Waals surface area contributed by atoms with E-state index in [0.29, 0.717) is 42.1 Å². The zero-order chi connectivity index (χ0) is 48.0. The minimum absolute atomic E-state index is 0.431. The van der Waals surface area contributed by atoms with Crippen LogP contribution in [0.3, 0.4) is 0 Å². The van der Waals surface area contributed by atoms with Gasteiger partial charge in [-0.2, -0.15) is 0 Å². The topological polar surface area (TPSA) is 146 Å². The molecule has 0 fully saturated rings. The van der Waals surface area contributed by atoms with Gasteiger partial charge in [0, 0.05) is 72.8 Å². The molecule has 5 rings (SSSR count). The Bertz CT molecular complexity index is 1720. The lowest BCUT2D eigenvalue weighted by atomic mass is 10.1. The fourth-order valence-electron chi connectivity index (χ4n) is 4.13. The summed E-state index contributed by atoms with van der Waals surface area (Å²) in [5.74, 6) is 4.77. The van der Waals surface area contributed by atoms with Gasteiger partial charge in [-0.05, 0) is 92.4 Å². The molecule has 13 heteroatoms. The Morgan fingerprint density at radius 1 is 0.619 bits per heavy atom. The summed E-state index contributed by atoms with van der Waals surface area (Å²) in [7, 11) is 1.54. The Balaban J connectivity index is 0. The third-order valence-electron chi connectivity index (χ3n) is 7.43. The lowest BCUT2D eigenvalue weighted by molar-refractivity contribution is 0.159. The Kier molecular flexibility index (Phi) is 36.8. The maximum absolute atomic E-state index is 4.71. The van der Waals surface area contributed by atoms with Crippen LogP contribution >= 0.6 is 11.3 Å². The van der Waals surface area contributed by atoms with Crippen molar-refractivity contribution in [2.75, 3.05) is 13.7 Å². The molecule has 0 spiro atoms. The molecule has 0 unspecified atom stereocenters. The molecule has 5 aromatic rings. The number of aromatic nitrogens is 8. The van der Waals surface area contributed by atoms with Crippen LogP contribution in [0.25, 0.3) is 0 Å². The second kappa shape index (κ2) is 38.6. The Hall–Kier alpha value is -5.04. The van der Waals surface area contributed by atoms with Crippen LogP contribution in [0, 0.1) is 37.5 Å². The Morgan fingerprint density at radius 2 is 1.21 bits per heavy atom. The summed E-state index contributed by atoms with van der Waals surface area (Å²) in [5.41, 5.74) is 8.65. The van der Waals surface area contributed by atoms with Crippen LogP contribution in [-0.2, 0) is 22.5 Å². The summed E-state index contributed by atoms with van der Waals surface area (Å²) in [6, 6.07) is 6.05. The van der Waals surface area contributed by atoms with Crippen molar-refractivity contribution in [2.24, 2.45) is 34.0 Å². The van der Waals surface area contributed by atoms with Gasteiger partial charge in [-0.25, -0.2) is 24.9 Å². The van der Waals surface area contributed by atoms with E-state index < -0.39 is 0 Å². The van der Waals surface area contributed by atoms with Crippen LogP contribution < -0.4 is 0 Å². The third-order valence-corrected chi connectivity index (χ3v) is 8.06. The van der Waals surface area contributed by atoms with E-state index in [1.165, 1.54) is 17.0 Å². The lowest BCUT2D eigenvalue weighted by Crippen LogP contribution is -1.95. The Morgan fingerprint density at radius 3 is 1.59 bits per heavy atom. The highest BCUT2D eigenvalue weighted by molar-refractivity contribution is 7.07. The standard InChI is InChI=1S/C9H13N.2C8H12N2.C7H10N2.C7H11NS.C6H13NO.C5H11NO/c1-8(2)7-9-5-3-4-6-10-9;1-6(2)8-5-9-7(3)4-10-8;1-6(2)8-9-4-7(3)5-10-8;1-6(2)7-3-8-5-9-4-7;1-6(2)3-7-4-9-5-8-7;1-4-8-7-5-6(2)3;1-5(2)4-6-7-3/h3-6,8H,7H2,1-2H3;2*4-6H,1-3H3;3-6H,1-2H3;4-6H,3H2,1-2H3;5-6H,4H2,1-3H3;4-5H,1-3H3/b;;;;;7-5-;. The lowest BCUT2D eigenvalue weighted by Gasteiger charge is -2.01. The van der Waals surface area contributed by atoms with Gasteiger partial charge in [-0.15, -0.1) is 11.3 Å². The monoisotopic (exact) mass is 887 g/mol. The van der Waals surface area contributed by atoms with Gasteiger partial charge >= 0.3 is 0 Å². The molecule has 63 heavy (non-hydrogen) atoms. The smallest absolute Gasteiger partial charge is 0.130 e. The van der Waals surface area contributed by atoms with Gasteiger partial charge in [0.15, 0.2) is 0 Å². The van der Waals surface area contributed by atoms with E-state index in [2.05, 4.69) is 150 Å². The van der Waals surface area contributed by atoms with Crippen LogP contribution in [0.4, 0.5) is 0 Å². The van der Waals surface area contributed by atoms with Crippen LogP contribution in [0.5, 0.6) is 0 Å². The molecule has 5 aromatic heterocycles. The van der Waals surface area contributed by atoms with E-state index in [9.17, 15) is 0 Å². The first-order valence-corrected chi connectivity index (χ1v) is 23.1. The summed E-state index contributed by atoms with van der Waals surface area (Å²) < 4.78 is 0. The number of aryl methyl sites for hydroxylation is 2. The molecule has 0 aliphatic rings. The van der Waals surface area contributed by atoms with Gasteiger partial charge in [-0.3, -0.25) is 15.0 Å². The molecular weight excluding hydrogens is 805 g/mol. The summed E-state index contributed by atoms with van der Waals surface area (Å²) in [6.07, 6.45) is 20.1. The molecule has 0 aliphatic heterocycles. The molecule has 0 saturated carbocycles. The predicted molar refractivity (Wildman–Crippen MR) is 267 cm³/mol. The normalized spacial score (nSPS) is 10.5. The first kappa shape index (κ1) is 60.0. The number of thiazole rings is 1. The summed E-state index contributed by atoms with van der Waals surface area (Å²) in [4.78, 5) is 42.0. The zero-order valence-corrected chi connectivity index (χ0v) is 42.8. The summed E-state index contributed by atoms with van der Waals surface area (Å²) >= 11 is 1.67. The molecule has 350 valence electrons. The Labute approximate surface area is 386 Å². The number of pyridine rings is 1. The number of rotatable bonds is 12. The van der Waals surface area contributed by atoms with Crippen LogP contribution in [0.1, 0.15) is 161 Å². The first-order chi connectivity index (χ1) is 29.8. The summed E-state index contributed by atoms with van der Waals surface area (Å²) in [5, 5.41) is 9.32. The van der Waals surface area contributed by atoms with Crippen molar-refractivity contribution in [3.63, 3.8) is 0 Å². The molecule has 0 amide bonds. The van der Waals surface area contributed by atoms with Gasteiger partial charge in [0.1, 0.15) is 25.9 Å². The second-order valence-electron chi connectivity index (χ2n) is 16.9. The molecule has 0 saturated heterocycles. The maximum Gasteiger partial charge on any atom is 0.130 e. The highest BCUT2D eigenvalue weighted by Gasteiger charge is 2.01. The van der Waals surface area contributed by atoms with Crippen molar-refractivity contribution >= 4 is 23.8 Å². The SMILES string of the molecule is CC(C)Cc1ccccn1.CC(C)Cc1cscn1.CC(C)c1cncnc1.CCO/N=C\C(C)C.CON=CC(C)C.Cc1cnc(C(C)C)cn1.Cc1cnc(C(C)C)nc1. The quantitative estimate of drug-likeness (QED) is 0.0876. The molecule has 0 bridgehead atoms. The van der Waals surface area contributed by atoms with E-state index >= 15 is 0 Å². The fourth-order valence-corrected chi connectivity index (χ4v) is 4.70.